The minimum atomic E-state index is -0.356. The number of aromatic nitrogens is 2. The Balaban J connectivity index is 1.44. The zero-order valence-electron chi connectivity index (χ0n) is 21.9. The van der Waals surface area contributed by atoms with Gasteiger partial charge >= 0.3 is 5.69 Å². The third-order valence-electron chi connectivity index (χ3n) is 6.89. The van der Waals surface area contributed by atoms with Gasteiger partial charge in [-0.1, -0.05) is 77.6 Å². The lowest BCUT2D eigenvalue weighted by atomic mass is 10.1. The Morgan fingerprint density at radius 2 is 1.53 bits per heavy atom. The van der Waals surface area contributed by atoms with E-state index < -0.39 is 0 Å². The van der Waals surface area contributed by atoms with Crippen molar-refractivity contribution in [3.05, 3.63) is 20.8 Å². The van der Waals surface area contributed by atoms with Crippen LogP contribution in [0.15, 0.2) is 9.59 Å². The minimum absolute atomic E-state index is 0.200. The van der Waals surface area contributed by atoms with Gasteiger partial charge in [0.2, 0.25) is 0 Å². The first-order valence-corrected chi connectivity index (χ1v) is 13.6. The predicted molar refractivity (Wildman–Crippen MR) is 142 cm³/mol. The van der Waals surface area contributed by atoms with Gasteiger partial charge in [-0.3, -0.25) is 14.3 Å². The molecule has 0 saturated carbocycles. The van der Waals surface area contributed by atoms with E-state index in [4.69, 9.17) is 0 Å². The topological polar surface area (TPSA) is 93.6 Å². The number of H-pyrrole nitrogens is 1. The zero-order chi connectivity index (χ0) is 24.8. The van der Waals surface area contributed by atoms with Crippen LogP contribution in [0.4, 0.5) is 11.5 Å². The molecular weight excluding hydrogens is 430 g/mol. The number of aliphatic hydroxyl groups is 1. The Hall–Kier alpha value is -1.80. The van der Waals surface area contributed by atoms with E-state index in [1.165, 1.54) is 64.2 Å². The fraction of sp³-hybridized carbons (Fsp3) is 0.846. The highest BCUT2D eigenvalue weighted by molar-refractivity contribution is 5.71. The van der Waals surface area contributed by atoms with Gasteiger partial charge in [0.15, 0.2) is 0 Å². The Kier molecular flexibility index (Phi) is 13.4. The lowest BCUT2D eigenvalue weighted by Gasteiger charge is -2.20. The van der Waals surface area contributed by atoms with Crippen LogP contribution in [0, 0.1) is 0 Å². The van der Waals surface area contributed by atoms with Crippen molar-refractivity contribution in [3.8, 4) is 0 Å². The molecule has 1 aliphatic heterocycles. The van der Waals surface area contributed by atoms with Crippen molar-refractivity contribution >= 4 is 11.5 Å². The van der Waals surface area contributed by atoms with E-state index in [9.17, 15) is 14.7 Å². The molecule has 1 aromatic rings. The average molecular weight is 480 g/mol. The fourth-order valence-corrected chi connectivity index (χ4v) is 4.84. The number of anilines is 2. The van der Waals surface area contributed by atoms with Crippen molar-refractivity contribution in [1.29, 1.82) is 0 Å². The lowest BCUT2D eigenvalue weighted by Crippen LogP contribution is -2.32. The van der Waals surface area contributed by atoms with Crippen LogP contribution in [0.25, 0.3) is 0 Å². The normalized spacial score (nSPS) is 14.1. The molecule has 2 heterocycles. The van der Waals surface area contributed by atoms with Gasteiger partial charge in [0.25, 0.3) is 5.56 Å². The van der Waals surface area contributed by atoms with Crippen LogP contribution in [-0.4, -0.2) is 54.1 Å². The number of nitrogens with one attached hydrogen (secondary N) is 2. The van der Waals surface area contributed by atoms with Crippen LogP contribution in [-0.2, 0) is 7.05 Å². The summed E-state index contributed by atoms with van der Waals surface area (Å²) in [6, 6.07) is 0. The van der Waals surface area contributed by atoms with E-state index in [1.807, 2.05) is 11.9 Å². The van der Waals surface area contributed by atoms with Crippen LogP contribution in [0.2, 0.25) is 0 Å². The molecule has 8 nitrogen and oxygen atoms in total. The molecule has 1 aliphatic rings. The predicted octanol–water partition coefficient (Wildman–Crippen LogP) is 3.72. The molecule has 0 spiro atoms. The highest BCUT2D eigenvalue weighted by Crippen LogP contribution is 2.29. The van der Waals surface area contributed by atoms with Crippen molar-refractivity contribution in [2.75, 3.05) is 43.2 Å². The monoisotopic (exact) mass is 479 g/mol. The molecule has 34 heavy (non-hydrogen) atoms. The van der Waals surface area contributed by atoms with Gasteiger partial charge in [0, 0.05) is 27.2 Å². The first-order chi connectivity index (χ1) is 16.5. The SMILES string of the molecule is CCCCCCCCC(O)CNCCCCCCCCCN1CN(C)c2c1n(C)c(=O)[nH]c2=O. The summed E-state index contributed by atoms with van der Waals surface area (Å²) >= 11 is 0. The van der Waals surface area contributed by atoms with Crippen LogP contribution in [0.1, 0.15) is 96.8 Å². The molecule has 0 amide bonds. The molecule has 1 unspecified atom stereocenters. The second kappa shape index (κ2) is 16.0. The Morgan fingerprint density at radius 1 is 0.912 bits per heavy atom. The van der Waals surface area contributed by atoms with Gasteiger partial charge in [-0.15, -0.1) is 0 Å². The van der Waals surface area contributed by atoms with E-state index in [0.717, 1.165) is 51.1 Å². The highest BCUT2D eigenvalue weighted by atomic mass is 16.3. The first-order valence-electron chi connectivity index (χ1n) is 13.6. The maximum atomic E-state index is 12.1. The molecular formula is C26H49N5O3. The second-order valence-electron chi connectivity index (χ2n) is 9.98. The molecule has 2 rings (SSSR count). The Morgan fingerprint density at radius 3 is 2.24 bits per heavy atom. The molecule has 3 N–H and O–H groups in total. The molecule has 0 radical (unpaired) electrons. The molecule has 8 heteroatoms. The summed E-state index contributed by atoms with van der Waals surface area (Å²) in [4.78, 5) is 30.5. The van der Waals surface area contributed by atoms with Gasteiger partial charge < -0.3 is 20.2 Å². The number of fused-ring (bicyclic) bond motifs is 1. The smallest absolute Gasteiger partial charge is 0.329 e. The molecule has 1 aromatic heterocycles. The Bertz CT molecular complexity index is 807. The molecule has 0 saturated heterocycles. The molecule has 196 valence electrons. The molecule has 0 aromatic carbocycles. The maximum absolute atomic E-state index is 12.1. The Labute approximate surface area is 205 Å². The van der Waals surface area contributed by atoms with E-state index in [0.29, 0.717) is 12.4 Å². The maximum Gasteiger partial charge on any atom is 0.329 e. The van der Waals surface area contributed by atoms with Gasteiger partial charge in [-0.2, -0.15) is 0 Å². The average Bonchev–Trinajstić information content (AvgIpc) is 3.14. The minimum Gasteiger partial charge on any atom is -0.392 e. The van der Waals surface area contributed by atoms with Gasteiger partial charge in [0.05, 0.1) is 12.8 Å². The number of unbranched alkanes of at least 4 members (excludes halogenated alkanes) is 11. The standard InChI is InChI=1S/C26H49N5O3/c1-4-5-6-7-11-14-17-22(32)20-27-18-15-12-9-8-10-13-16-19-31-21-29(2)23-24(33)28-26(34)30(3)25(23)31/h22,27,32H,4-21H2,1-3H3,(H,28,33,34). The van der Waals surface area contributed by atoms with Crippen molar-refractivity contribution in [2.45, 2.75) is 103 Å². The highest BCUT2D eigenvalue weighted by Gasteiger charge is 2.28. The summed E-state index contributed by atoms with van der Waals surface area (Å²) in [5, 5.41) is 13.5. The van der Waals surface area contributed by atoms with Crippen LogP contribution < -0.4 is 26.4 Å². The molecule has 0 fully saturated rings. The van der Waals surface area contributed by atoms with Crippen molar-refractivity contribution in [1.82, 2.24) is 14.9 Å². The number of hydrogen-bond donors (Lipinski definition) is 3. The zero-order valence-corrected chi connectivity index (χ0v) is 21.9. The van der Waals surface area contributed by atoms with E-state index in [-0.39, 0.29) is 17.4 Å². The van der Waals surface area contributed by atoms with Gasteiger partial charge in [-0.05, 0) is 25.8 Å². The number of aliphatic hydroxyl groups excluding tert-OH is 1. The molecule has 1 atom stereocenters. The molecule has 0 bridgehead atoms. The summed E-state index contributed by atoms with van der Waals surface area (Å²) in [6.45, 7) is 5.46. The van der Waals surface area contributed by atoms with Crippen molar-refractivity contribution in [2.24, 2.45) is 7.05 Å². The fourth-order valence-electron chi connectivity index (χ4n) is 4.84. The number of hydrogen-bond acceptors (Lipinski definition) is 6. The van der Waals surface area contributed by atoms with Gasteiger partial charge in [0.1, 0.15) is 11.5 Å². The van der Waals surface area contributed by atoms with Gasteiger partial charge in [-0.25, -0.2) is 4.79 Å². The summed E-state index contributed by atoms with van der Waals surface area (Å²) < 4.78 is 1.54. The summed E-state index contributed by atoms with van der Waals surface area (Å²) in [7, 11) is 3.61. The number of nitrogens with zero attached hydrogens (tertiary/aromatic N) is 3. The van der Waals surface area contributed by atoms with E-state index in [2.05, 4.69) is 22.1 Å². The molecule has 0 aliphatic carbocycles. The number of aromatic amines is 1. The van der Waals surface area contributed by atoms with E-state index in [1.54, 1.807) is 11.6 Å². The van der Waals surface area contributed by atoms with Crippen molar-refractivity contribution in [3.63, 3.8) is 0 Å². The number of rotatable bonds is 19. The first kappa shape index (κ1) is 28.4. The summed E-state index contributed by atoms with van der Waals surface area (Å²) in [5.74, 6) is 0.737. The van der Waals surface area contributed by atoms with Crippen LogP contribution >= 0.6 is 0 Å². The second-order valence-corrected chi connectivity index (χ2v) is 9.98. The largest absolute Gasteiger partial charge is 0.392 e. The summed E-state index contributed by atoms with van der Waals surface area (Å²) in [6.07, 6.45) is 16.7. The quantitative estimate of drug-likeness (QED) is 0.262. The summed E-state index contributed by atoms with van der Waals surface area (Å²) in [5.41, 5.74) is -0.0682. The van der Waals surface area contributed by atoms with Crippen LogP contribution in [0.3, 0.4) is 0 Å². The van der Waals surface area contributed by atoms with Crippen LogP contribution in [0.5, 0.6) is 0 Å². The third-order valence-corrected chi connectivity index (χ3v) is 6.89. The van der Waals surface area contributed by atoms with E-state index >= 15 is 0 Å². The third kappa shape index (κ3) is 9.45. The van der Waals surface area contributed by atoms with Crippen molar-refractivity contribution < 1.29 is 5.11 Å². The lowest BCUT2D eigenvalue weighted by molar-refractivity contribution is 0.158.